The van der Waals surface area contributed by atoms with Gasteiger partial charge < -0.3 is 38.6 Å². The zero-order valence-corrected chi connectivity index (χ0v) is 29.9. The fourth-order valence-corrected chi connectivity index (χ4v) is 3.99. The first-order chi connectivity index (χ1) is 25.2. The molecule has 16 heteroatoms. The minimum atomic E-state index is -1.58. The van der Waals surface area contributed by atoms with Gasteiger partial charge in [0.05, 0.1) is 22.3 Å². The summed E-state index contributed by atoms with van der Waals surface area (Å²) in [4.78, 5) is 98.8. The van der Waals surface area contributed by atoms with E-state index in [2.05, 4.69) is 26.3 Å². The summed E-state index contributed by atoms with van der Waals surface area (Å²) in [6, 6.07) is 6.82. The molecule has 2 aromatic carbocycles. The van der Waals surface area contributed by atoms with E-state index in [4.69, 9.17) is 28.4 Å². The fraction of sp³-hybridized carbons (Fsp3) is 0.263. The standard InChI is InChI=1S/C38H38O16/c1-19(2)33(43)49-15-25(16-50-34(44)20(3)4)53-37(47)28-12-10-23(13-29(28)32(41)42)24-9-11-27(31(39)40)30(14-24)38(48)54-26(17-51-35(45)21(5)6)18-52-36(46)22(7)8/h9-14,25-26H,1,3,5,7,15-18H2,2,4,6,8H3,(H,39,40)(H,41,42). The van der Waals surface area contributed by atoms with Crippen LogP contribution in [0, 0.1) is 0 Å². The minimum Gasteiger partial charge on any atom is -0.478 e. The second-order valence-corrected chi connectivity index (χ2v) is 11.7. The number of benzene rings is 2. The largest absolute Gasteiger partial charge is 0.478 e. The van der Waals surface area contributed by atoms with Crippen molar-refractivity contribution in [3.8, 4) is 11.1 Å². The maximum atomic E-state index is 13.4. The molecule has 0 aliphatic rings. The van der Waals surface area contributed by atoms with Crippen LogP contribution in [0.25, 0.3) is 11.1 Å². The van der Waals surface area contributed by atoms with E-state index in [0.717, 1.165) is 24.3 Å². The molecule has 0 bridgehead atoms. The van der Waals surface area contributed by atoms with Crippen molar-refractivity contribution < 1.29 is 77.0 Å². The molecule has 0 unspecified atom stereocenters. The molecule has 2 N–H and O–H groups in total. The van der Waals surface area contributed by atoms with Gasteiger partial charge in [-0.25, -0.2) is 38.4 Å². The third-order valence-corrected chi connectivity index (χ3v) is 6.82. The van der Waals surface area contributed by atoms with Crippen molar-refractivity contribution in [1.82, 2.24) is 0 Å². The molecule has 0 fully saturated rings. The zero-order valence-electron chi connectivity index (χ0n) is 29.9. The van der Waals surface area contributed by atoms with Gasteiger partial charge in [0.15, 0.2) is 12.2 Å². The van der Waals surface area contributed by atoms with E-state index in [1.807, 2.05) is 0 Å². The smallest absolute Gasteiger partial charge is 0.339 e. The molecule has 286 valence electrons. The highest BCUT2D eigenvalue weighted by Gasteiger charge is 2.27. The van der Waals surface area contributed by atoms with Crippen molar-refractivity contribution in [3.63, 3.8) is 0 Å². The van der Waals surface area contributed by atoms with E-state index in [1.54, 1.807) is 0 Å². The molecule has 0 atom stereocenters. The van der Waals surface area contributed by atoms with E-state index < -0.39 is 109 Å². The number of hydrogen-bond acceptors (Lipinski definition) is 14. The molecule has 0 aromatic heterocycles. The Labute approximate surface area is 309 Å². The zero-order chi connectivity index (χ0) is 40.9. The SMILES string of the molecule is C=C(C)C(=O)OCC(COC(=O)C(=C)C)OC(=O)c1ccc(-c2ccc(C(=O)O)c(C(=O)OC(COC(=O)C(=C)C)COC(=O)C(=C)C)c2)cc1C(=O)O. The molecule has 0 saturated heterocycles. The van der Waals surface area contributed by atoms with E-state index >= 15 is 0 Å². The minimum absolute atomic E-state index is 0.0212. The summed E-state index contributed by atoms with van der Waals surface area (Å²) in [5.74, 6) is -8.89. The van der Waals surface area contributed by atoms with Crippen LogP contribution in [0.15, 0.2) is 85.0 Å². The lowest BCUT2D eigenvalue weighted by atomic mass is 9.95. The number of esters is 6. The van der Waals surface area contributed by atoms with Gasteiger partial charge in [-0.2, -0.15) is 0 Å². The molecule has 0 spiro atoms. The molecule has 2 aromatic rings. The number of aromatic carboxylic acids is 2. The highest BCUT2D eigenvalue weighted by Crippen LogP contribution is 2.27. The summed E-state index contributed by atoms with van der Waals surface area (Å²) in [5, 5.41) is 19.8. The van der Waals surface area contributed by atoms with Gasteiger partial charge in [-0.1, -0.05) is 38.4 Å². The van der Waals surface area contributed by atoms with Crippen molar-refractivity contribution in [1.29, 1.82) is 0 Å². The second-order valence-electron chi connectivity index (χ2n) is 11.7. The van der Waals surface area contributed by atoms with Crippen LogP contribution in [0.2, 0.25) is 0 Å². The first kappa shape index (κ1) is 43.3. The van der Waals surface area contributed by atoms with Crippen LogP contribution in [0.1, 0.15) is 69.1 Å². The number of rotatable bonds is 19. The molecule has 0 radical (unpaired) electrons. The van der Waals surface area contributed by atoms with Crippen molar-refractivity contribution in [3.05, 3.63) is 107 Å². The Bertz CT molecular complexity index is 1860. The Morgan fingerprint density at radius 3 is 1.09 bits per heavy atom. The van der Waals surface area contributed by atoms with Crippen LogP contribution in [0.4, 0.5) is 0 Å². The lowest BCUT2D eigenvalue weighted by Gasteiger charge is -2.19. The molecular weight excluding hydrogens is 712 g/mol. The molecule has 0 saturated carbocycles. The highest BCUT2D eigenvalue weighted by atomic mass is 16.6. The van der Waals surface area contributed by atoms with Crippen molar-refractivity contribution in [2.24, 2.45) is 0 Å². The fourth-order valence-electron chi connectivity index (χ4n) is 3.99. The average molecular weight is 751 g/mol. The third-order valence-electron chi connectivity index (χ3n) is 6.82. The van der Waals surface area contributed by atoms with E-state index in [-0.39, 0.29) is 33.4 Å². The first-order valence-corrected chi connectivity index (χ1v) is 15.7. The average Bonchev–Trinajstić information content (AvgIpc) is 3.11. The predicted molar refractivity (Wildman–Crippen MR) is 187 cm³/mol. The van der Waals surface area contributed by atoms with Gasteiger partial charge in [0, 0.05) is 22.3 Å². The number of carboxylic acids is 2. The number of ether oxygens (including phenoxy) is 6. The monoisotopic (exact) mass is 750 g/mol. The Morgan fingerprint density at radius 1 is 0.481 bits per heavy atom. The molecule has 0 aliphatic carbocycles. The number of hydrogen-bond donors (Lipinski definition) is 2. The van der Waals surface area contributed by atoms with Crippen LogP contribution in [0.3, 0.4) is 0 Å². The van der Waals surface area contributed by atoms with E-state index in [1.165, 1.54) is 39.8 Å². The number of carbonyl (C=O) groups excluding carboxylic acids is 6. The first-order valence-electron chi connectivity index (χ1n) is 15.7. The van der Waals surface area contributed by atoms with Crippen LogP contribution < -0.4 is 0 Å². The maximum absolute atomic E-state index is 13.4. The van der Waals surface area contributed by atoms with Crippen molar-refractivity contribution >= 4 is 47.8 Å². The number of carbonyl (C=O) groups is 8. The topological polar surface area (TPSA) is 232 Å². The lowest BCUT2D eigenvalue weighted by Crippen LogP contribution is -2.31. The molecular formula is C38H38O16. The van der Waals surface area contributed by atoms with Gasteiger partial charge in [-0.05, 0) is 63.1 Å². The summed E-state index contributed by atoms with van der Waals surface area (Å²) >= 11 is 0. The van der Waals surface area contributed by atoms with Crippen LogP contribution >= 0.6 is 0 Å². The molecule has 16 nitrogen and oxygen atoms in total. The molecule has 0 heterocycles. The van der Waals surface area contributed by atoms with Gasteiger partial charge in [0.25, 0.3) is 0 Å². The molecule has 0 aliphatic heterocycles. The quantitative estimate of drug-likeness (QED) is 0.116. The van der Waals surface area contributed by atoms with Gasteiger partial charge >= 0.3 is 47.8 Å². The maximum Gasteiger partial charge on any atom is 0.339 e. The predicted octanol–water partition coefficient (Wildman–Crippen LogP) is 4.28. The Balaban J connectivity index is 2.48. The Hall–Kier alpha value is -6.84. The summed E-state index contributed by atoms with van der Waals surface area (Å²) in [5.41, 5.74) is -1.78. The highest BCUT2D eigenvalue weighted by molar-refractivity contribution is 6.05. The molecule has 54 heavy (non-hydrogen) atoms. The van der Waals surface area contributed by atoms with Crippen molar-refractivity contribution in [2.45, 2.75) is 39.9 Å². The normalized spacial score (nSPS) is 10.4. The number of carboxylic acid groups (broad SMARTS) is 2. The van der Waals surface area contributed by atoms with E-state index in [9.17, 15) is 48.6 Å². The van der Waals surface area contributed by atoms with Crippen LogP contribution in [0.5, 0.6) is 0 Å². The lowest BCUT2D eigenvalue weighted by molar-refractivity contribution is -0.149. The van der Waals surface area contributed by atoms with Crippen molar-refractivity contribution in [2.75, 3.05) is 26.4 Å². The summed E-state index contributed by atoms with van der Waals surface area (Å²) < 4.78 is 30.8. The Kier molecular flexibility index (Phi) is 15.8. The third kappa shape index (κ3) is 12.7. The second kappa shape index (κ2) is 19.7. The van der Waals surface area contributed by atoms with Gasteiger partial charge in [-0.15, -0.1) is 0 Å². The molecule has 2 rings (SSSR count). The molecule has 0 amide bonds. The van der Waals surface area contributed by atoms with Crippen LogP contribution in [-0.4, -0.2) is 96.6 Å². The summed E-state index contributed by atoms with van der Waals surface area (Å²) in [7, 11) is 0. The van der Waals surface area contributed by atoms with Gasteiger partial charge in [0.2, 0.25) is 0 Å². The van der Waals surface area contributed by atoms with Gasteiger partial charge in [-0.3, -0.25) is 0 Å². The van der Waals surface area contributed by atoms with E-state index in [0.29, 0.717) is 0 Å². The van der Waals surface area contributed by atoms with Gasteiger partial charge in [0.1, 0.15) is 26.4 Å². The summed E-state index contributed by atoms with van der Waals surface area (Å²) in [6.45, 7) is 16.9. The summed E-state index contributed by atoms with van der Waals surface area (Å²) in [6.07, 6.45) is -2.78. The Morgan fingerprint density at radius 2 is 0.778 bits per heavy atom. The van der Waals surface area contributed by atoms with Crippen LogP contribution in [-0.2, 0) is 47.6 Å².